The molecular weight excluding hydrogens is 474 g/mol. The second-order valence-corrected chi connectivity index (χ2v) is 10.2. The zero-order chi connectivity index (χ0) is 24.5. The van der Waals surface area contributed by atoms with Crippen LogP contribution in [0, 0.1) is 0 Å². The molecule has 34 heavy (non-hydrogen) atoms. The molecule has 0 aliphatic rings. The molecule has 2 N–H and O–H groups in total. The summed E-state index contributed by atoms with van der Waals surface area (Å²) in [5.74, 6) is 0.295. The molecule has 0 unspecified atom stereocenters. The van der Waals surface area contributed by atoms with Crippen molar-refractivity contribution >= 4 is 44.2 Å². The topological polar surface area (TPSA) is 110 Å². The van der Waals surface area contributed by atoms with E-state index in [1.165, 1.54) is 23.1 Å². The van der Waals surface area contributed by atoms with Crippen molar-refractivity contribution in [3.05, 3.63) is 71.4 Å². The van der Waals surface area contributed by atoms with E-state index < -0.39 is 10.0 Å². The molecule has 0 fully saturated rings. The van der Waals surface area contributed by atoms with Gasteiger partial charge in [-0.1, -0.05) is 35.9 Å². The van der Waals surface area contributed by atoms with E-state index in [9.17, 15) is 8.42 Å². The fourth-order valence-electron chi connectivity index (χ4n) is 3.40. The largest absolute Gasteiger partial charge is 0.383 e. The lowest BCUT2D eigenvalue weighted by molar-refractivity contribution is 0.456. The summed E-state index contributed by atoms with van der Waals surface area (Å²) in [6, 6.07) is 14.3. The summed E-state index contributed by atoms with van der Waals surface area (Å²) in [5, 5.41) is 7.16. The summed E-state index contributed by atoms with van der Waals surface area (Å²) >= 11 is 6.04. The van der Waals surface area contributed by atoms with Gasteiger partial charge in [0, 0.05) is 29.6 Å². The van der Waals surface area contributed by atoms with Crippen LogP contribution in [-0.4, -0.2) is 60.8 Å². The van der Waals surface area contributed by atoms with Gasteiger partial charge in [0.15, 0.2) is 5.65 Å². The molecule has 11 heteroatoms. The molecule has 9 nitrogen and oxygen atoms in total. The summed E-state index contributed by atoms with van der Waals surface area (Å²) in [5.41, 5.74) is 9.20. The van der Waals surface area contributed by atoms with Crippen LogP contribution in [0.1, 0.15) is 0 Å². The molecule has 0 spiro atoms. The second-order valence-electron chi connectivity index (χ2n) is 7.89. The van der Waals surface area contributed by atoms with Crippen LogP contribution in [-0.2, 0) is 10.0 Å². The fourth-order valence-corrected chi connectivity index (χ4v) is 4.44. The lowest BCUT2D eigenvalue weighted by atomic mass is 10.1. The van der Waals surface area contributed by atoms with Crippen LogP contribution in [0.4, 0.5) is 11.5 Å². The van der Waals surface area contributed by atoms with Gasteiger partial charge in [0.05, 0.1) is 16.8 Å². The van der Waals surface area contributed by atoms with Crippen molar-refractivity contribution in [3.8, 4) is 16.9 Å². The lowest BCUT2D eigenvalue weighted by Gasteiger charge is -2.18. The Morgan fingerprint density at radius 3 is 2.53 bits per heavy atom. The van der Waals surface area contributed by atoms with Crippen molar-refractivity contribution in [2.45, 2.75) is 0 Å². The number of sulfonamides is 1. The van der Waals surface area contributed by atoms with E-state index in [0.717, 1.165) is 5.56 Å². The number of hydrogen-bond acceptors (Lipinski definition) is 7. The summed E-state index contributed by atoms with van der Waals surface area (Å²) in [6.07, 6.45) is 2.98. The van der Waals surface area contributed by atoms with Gasteiger partial charge >= 0.3 is 0 Å². The van der Waals surface area contributed by atoms with Gasteiger partial charge in [0.1, 0.15) is 17.8 Å². The van der Waals surface area contributed by atoms with E-state index >= 15 is 0 Å². The van der Waals surface area contributed by atoms with Crippen LogP contribution >= 0.6 is 11.6 Å². The standard InChI is InChI=1S/C23H24ClN7O2S/c1-29(2)12-5-13-34(32,33)30(3)18-6-4-7-19(14-18)31-23-20(22(25)26-15-27-23)21(28-31)16-8-10-17(24)11-9-16/h4-11,13-15H,12H2,1-3H3,(H2,25,26,27). The number of hydrogen-bond donors (Lipinski definition) is 1. The number of anilines is 2. The number of aromatic nitrogens is 4. The second kappa shape index (κ2) is 9.41. The number of nitrogens with two attached hydrogens (primary N) is 1. The molecule has 0 bridgehead atoms. The van der Waals surface area contributed by atoms with E-state index in [0.29, 0.717) is 45.5 Å². The quantitative estimate of drug-likeness (QED) is 0.415. The van der Waals surface area contributed by atoms with Crippen LogP contribution in [0.5, 0.6) is 0 Å². The molecule has 0 saturated carbocycles. The molecule has 0 amide bonds. The van der Waals surface area contributed by atoms with Crippen LogP contribution in [0.2, 0.25) is 5.02 Å². The van der Waals surface area contributed by atoms with Gasteiger partial charge in [-0.2, -0.15) is 5.10 Å². The van der Waals surface area contributed by atoms with Gasteiger partial charge in [-0.3, -0.25) is 4.31 Å². The Labute approximate surface area is 203 Å². The molecule has 0 atom stereocenters. The van der Waals surface area contributed by atoms with Crippen molar-refractivity contribution in [2.24, 2.45) is 0 Å². The molecule has 2 aromatic heterocycles. The third-order valence-electron chi connectivity index (χ3n) is 5.17. The maximum absolute atomic E-state index is 12.8. The number of fused-ring (bicyclic) bond motifs is 1. The number of halogens is 1. The normalized spacial score (nSPS) is 12.1. The highest BCUT2D eigenvalue weighted by atomic mass is 35.5. The summed E-state index contributed by atoms with van der Waals surface area (Å²) in [4.78, 5) is 10.4. The molecule has 176 valence electrons. The first-order valence-corrected chi connectivity index (χ1v) is 12.2. The first-order chi connectivity index (χ1) is 16.2. The minimum Gasteiger partial charge on any atom is -0.383 e. The number of rotatable bonds is 7. The van der Waals surface area contributed by atoms with Crippen molar-refractivity contribution in [2.75, 3.05) is 37.7 Å². The van der Waals surface area contributed by atoms with Gasteiger partial charge < -0.3 is 10.6 Å². The van der Waals surface area contributed by atoms with Gasteiger partial charge in [0.2, 0.25) is 0 Å². The van der Waals surface area contributed by atoms with E-state index in [4.69, 9.17) is 22.4 Å². The first-order valence-electron chi connectivity index (χ1n) is 10.3. The molecule has 0 saturated heterocycles. The minimum atomic E-state index is -3.66. The smallest absolute Gasteiger partial charge is 0.256 e. The first kappa shape index (κ1) is 23.7. The zero-order valence-electron chi connectivity index (χ0n) is 18.9. The summed E-state index contributed by atoms with van der Waals surface area (Å²) in [6.45, 7) is 0.515. The maximum Gasteiger partial charge on any atom is 0.256 e. The van der Waals surface area contributed by atoms with Gasteiger partial charge in [-0.15, -0.1) is 0 Å². The Bertz CT molecular complexity index is 1460. The van der Waals surface area contributed by atoms with Crippen molar-refractivity contribution in [1.82, 2.24) is 24.6 Å². The van der Waals surface area contributed by atoms with Gasteiger partial charge in [-0.25, -0.2) is 23.1 Å². The molecule has 0 aliphatic carbocycles. The average molecular weight is 498 g/mol. The third kappa shape index (κ3) is 4.74. The monoisotopic (exact) mass is 497 g/mol. The predicted octanol–water partition coefficient (Wildman–Crippen LogP) is 3.56. The highest BCUT2D eigenvalue weighted by Gasteiger charge is 2.20. The number of likely N-dealkylation sites (N-methyl/N-ethyl adjacent to an activating group) is 1. The molecule has 0 radical (unpaired) electrons. The van der Waals surface area contributed by atoms with Crippen molar-refractivity contribution in [3.63, 3.8) is 0 Å². The highest BCUT2D eigenvalue weighted by Crippen LogP contribution is 2.33. The SMILES string of the molecule is CN(C)CC=CS(=O)(=O)N(C)c1cccc(-n2nc(-c3ccc(Cl)cc3)c3c(N)ncnc32)c1. The minimum absolute atomic E-state index is 0.295. The predicted molar refractivity (Wildman–Crippen MR) is 137 cm³/mol. The van der Waals surface area contributed by atoms with Gasteiger partial charge in [0.25, 0.3) is 10.0 Å². The Morgan fingerprint density at radius 1 is 1.09 bits per heavy atom. The average Bonchev–Trinajstić information content (AvgIpc) is 3.20. The molecule has 2 aromatic carbocycles. The molecule has 4 rings (SSSR count). The van der Waals surface area contributed by atoms with E-state index in [1.807, 2.05) is 37.2 Å². The Hall–Kier alpha value is -3.47. The number of nitrogens with zero attached hydrogens (tertiary/aromatic N) is 6. The Morgan fingerprint density at radius 2 is 1.82 bits per heavy atom. The fraction of sp³-hybridized carbons (Fsp3) is 0.174. The maximum atomic E-state index is 12.8. The number of benzene rings is 2. The van der Waals surface area contributed by atoms with Crippen LogP contribution in [0.15, 0.2) is 66.3 Å². The van der Waals surface area contributed by atoms with E-state index in [-0.39, 0.29) is 0 Å². The molecule has 2 heterocycles. The van der Waals surface area contributed by atoms with E-state index in [2.05, 4.69) is 9.97 Å². The third-order valence-corrected chi connectivity index (χ3v) is 6.93. The van der Waals surface area contributed by atoms with Crippen molar-refractivity contribution in [1.29, 1.82) is 0 Å². The van der Waals surface area contributed by atoms with Gasteiger partial charge in [-0.05, 0) is 44.4 Å². The Balaban J connectivity index is 1.79. The molecule has 4 aromatic rings. The Kier molecular flexibility index (Phi) is 6.56. The highest BCUT2D eigenvalue weighted by molar-refractivity contribution is 7.95. The van der Waals surface area contributed by atoms with Crippen LogP contribution < -0.4 is 10.0 Å². The van der Waals surface area contributed by atoms with Crippen LogP contribution in [0.3, 0.4) is 0 Å². The lowest BCUT2D eigenvalue weighted by Crippen LogP contribution is -2.24. The zero-order valence-corrected chi connectivity index (χ0v) is 20.5. The summed E-state index contributed by atoms with van der Waals surface area (Å²) in [7, 11) is 1.58. The molecule has 0 aliphatic heterocycles. The van der Waals surface area contributed by atoms with E-state index in [1.54, 1.807) is 41.1 Å². The molecular formula is C23H24ClN7O2S. The van der Waals surface area contributed by atoms with Crippen molar-refractivity contribution < 1.29 is 8.42 Å². The van der Waals surface area contributed by atoms with Crippen LogP contribution in [0.25, 0.3) is 28.0 Å². The summed E-state index contributed by atoms with van der Waals surface area (Å²) < 4.78 is 28.4. The number of nitrogen functional groups attached to an aromatic ring is 1.